The first kappa shape index (κ1) is 25.9. The van der Waals surface area contributed by atoms with Gasteiger partial charge in [0.25, 0.3) is 11.8 Å². The molecule has 1 aliphatic heterocycles. The lowest BCUT2D eigenvalue weighted by molar-refractivity contribution is -0.122. The number of nitrogens with zero attached hydrogens (tertiary/aromatic N) is 1. The molecule has 1 N–H and O–H groups in total. The molecule has 36 heavy (non-hydrogen) atoms. The molecule has 4 rings (SSSR count). The van der Waals surface area contributed by atoms with Crippen molar-refractivity contribution in [1.82, 2.24) is 4.90 Å². The van der Waals surface area contributed by atoms with Crippen LogP contribution in [0.4, 0.5) is 5.69 Å². The molecule has 0 atom stereocenters. The van der Waals surface area contributed by atoms with E-state index in [1.807, 2.05) is 62.4 Å². The molecule has 0 spiro atoms. The van der Waals surface area contributed by atoms with Crippen LogP contribution in [0.3, 0.4) is 0 Å². The Morgan fingerprint density at radius 3 is 2.61 bits per heavy atom. The van der Waals surface area contributed by atoms with Crippen LogP contribution in [0.5, 0.6) is 5.75 Å². The van der Waals surface area contributed by atoms with Crippen molar-refractivity contribution >= 4 is 63.5 Å². The van der Waals surface area contributed by atoms with Crippen LogP contribution in [0.15, 0.2) is 71.6 Å². The number of aryl methyl sites for hydroxylation is 2. The standard InChI is InChI=1S/C28H25ClN2O3S2/c1-18-8-10-23(19(2)14-18)30-26(32)17-34-24-11-9-21(15-22(24)29)16-25-27(33)31(28(35)36-25)13-12-20-6-4-3-5-7-20/h3-11,14-16H,12-13,17H2,1-2H3,(H,30,32)/b25-16-. The van der Waals surface area contributed by atoms with Gasteiger partial charge in [-0.1, -0.05) is 89.7 Å². The van der Waals surface area contributed by atoms with E-state index in [0.29, 0.717) is 26.5 Å². The predicted molar refractivity (Wildman–Crippen MR) is 152 cm³/mol. The smallest absolute Gasteiger partial charge is 0.266 e. The summed E-state index contributed by atoms with van der Waals surface area (Å²) in [6, 6.07) is 21.0. The Balaban J connectivity index is 1.35. The normalized spacial score (nSPS) is 14.4. The molecule has 184 valence electrons. The Hall–Kier alpha value is -3.13. The number of benzene rings is 3. The zero-order valence-electron chi connectivity index (χ0n) is 19.9. The molecule has 1 fully saturated rings. The maximum Gasteiger partial charge on any atom is 0.266 e. The molecule has 8 heteroatoms. The summed E-state index contributed by atoms with van der Waals surface area (Å²) < 4.78 is 6.17. The van der Waals surface area contributed by atoms with Crippen LogP contribution < -0.4 is 10.1 Å². The molecule has 5 nitrogen and oxygen atoms in total. The molecule has 1 saturated heterocycles. The molecular weight excluding hydrogens is 512 g/mol. The van der Waals surface area contributed by atoms with Crippen molar-refractivity contribution < 1.29 is 14.3 Å². The molecule has 1 aliphatic rings. The highest BCUT2D eigenvalue weighted by Crippen LogP contribution is 2.34. The van der Waals surface area contributed by atoms with Crippen molar-refractivity contribution in [2.75, 3.05) is 18.5 Å². The summed E-state index contributed by atoms with van der Waals surface area (Å²) in [5.74, 6) is 0.00160. The number of hydrogen-bond acceptors (Lipinski definition) is 5. The van der Waals surface area contributed by atoms with Gasteiger partial charge in [0, 0.05) is 12.2 Å². The fourth-order valence-corrected chi connectivity index (χ4v) is 5.29. The van der Waals surface area contributed by atoms with Gasteiger partial charge >= 0.3 is 0 Å². The zero-order chi connectivity index (χ0) is 25.7. The van der Waals surface area contributed by atoms with Gasteiger partial charge in [-0.25, -0.2) is 0 Å². The monoisotopic (exact) mass is 536 g/mol. The first-order valence-corrected chi connectivity index (χ1v) is 13.0. The van der Waals surface area contributed by atoms with Gasteiger partial charge in [0.15, 0.2) is 6.61 Å². The van der Waals surface area contributed by atoms with Gasteiger partial charge in [-0.2, -0.15) is 0 Å². The Labute approximate surface area is 225 Å². The summed E-state index contributed by atoms with van der Waals surface area (Å²) in [5, 5.41) is 3.20. The number of amides is 2. The highest BCUT2D eigenvalue weighted by molar-refractivity contribution is 8.26. The second kappa shape index (κ2) is 11.7. The molecule has 3 aromatic rings. The van der Waals surface area contributed by atoms with E-state index in [4.69, 9.17) is 28.6 Å². The second-order valence-corrected chi connectivity index (χ2v) is 10.5. The van der Waals surface area contributed by atoms with Gasteiger partial charge < -0.3 is 10.1 Å². The lowest BCUT2D eigenvalue weighted by Gasteiger charge is -2.14. The zero-order valence-corrected chi connectivity index (χ0v) is 22.3. The van der Waals surface area contributed by atoms with Gasteiger partial charge in [-0.3, -0.25) is 14.5 Å². The number of carbonyl (C=O) groups is 2. The number of thioether (sulfide) groups is 1. The third kappa shape index (κ3) is 6.55. The quantitative estimate of drug-likeness (QED) is 0.266. The number of thiocarbonyl (C=S) groups is 1. The van der Waals surface area contributed by atoms with Crippen molar-refractivity contribution in [2.24, 2.45) is 0 Å². The summed E-state index contributed by atoms with van der Waals surface area (Å²) in [5.41, 5.74) is 4.76. The first-order chi connectivity index (χ1) is 17.3. The SMILES string of the molecule is Cc1ccc(NC(=O)COc2ccc(/C=C3\SC(=S)N(CCc4ccccc4)C3=O)cc2Cl)c(C)c1. The van der Waals surface area contributed by atoms with Gasteiger partial charge in [-0.05, 0) is 61.2 Å². The van der Waals surface area contributed by atoms with Gasteiger partial charge in [0.2, 0.25) is 0 Å². The van der Waals surface area contributed by atoms with Crippen molar-refractivity contribution in [2.45, 2.75) is 20.3 Å². The van der Waals surface area contributed by atoms with E-state index in [1.54, 1.807) is 29.2 Å². The van der Waals surface area contributed by atoms with Gasteiger partial charge in [-0.15, -0.1) is 0 Å². The lowest BCUT2D eigenvalue weighted by Crippen LogP contribution is -2.30. The van der Waals surface area contributed by atoms with E-state index < -0.39 is 0 Å². The van der Waals surface area contributed by atoms with E-state index in [1.165, 1.54) is 11.8 Å². The Kier molecular flexibility index (Phi) is 8.46. The number of rotatable bonds is 8. The maximum absolute atomic E-state index is 12.9. The fourth-order valence-electron chi connectivity index (χ4n) is 3.74. The summed E-state index contributed by atoms with van der Waals surface area (Å²) in [7, 11) is 0. The highest BCUT2D eigenvalue weighted by Gasteiger charge is 2.31. The van der Waals surface area contributed by atoms with E-state index in [0.717, 1.165) is 34.4 Å². The van der Waals surface area contributed by atoms with Gasteiger partial charge in [0.05, 0.1) is 9.93 Å². The van der Waals surface area contributed by atoms with Crippen LogP contribution in [0.25, 0.3) is 6.08 Å². The van der Waals surface area contributed by atoms with Crippen LogP contribution in [-0.4, -0.2) is 34.2 Å². The summed E-state index contributed by atoms with van der Waals surface area (Å²) >= 11 is 13.1. The topological polar surface area (TPSA) is 58.6 Å². The van der Waals surface area contributed by atoms with Crippen LogP contribution in [0.1, 0.15) is 22.3 Å². The van der Waals surface area contributed by atoms with E-state index in [2.05, 4.69) is 5.32 Å². The Bertz CT molecular complexity index is 1340. The van der Waals surface area contributed by atoms with Crippen LogP contribution in [-0.2, 0) is 16.0 Å². The number of halogens is 1. The van der Waals surface area contributed by atoms with Crippen molar-refractivity contribution in [3.8, 4) is 5.75 Å². The molecule has 0 saturated carbocycles. The first-order valence-electron chi connectivity index (χ1n) is 11.4. The summed E-state index contributed by atoms with van der Waals surface area (Å²) in [4.78, 5) is 27.4. The van der Waals surface area contributed by atoms with Crippen molar-refractivity contribution in [3.05, 3.63) is 98.9 Å². The minimum absolute atomic E-state index is 0.111. The molecule has 0 unspecified atom stereocenters. The van der Waals surface area contributed by atoms with Crippen LogP contribution >= 0.6 is 35.6 Å². The summed E-state index contributed by atoms with van der Waals surface area (Å²) in [6.45, 7) is 4.30. The molecular formula is C28H25ClN2O3S2. The van der Waals surface area contributed by atoms with Crippen LogP contribution in [0, 0.1) is 13.8 Å². The Morgan fingerprint density at radius 1 is 1.11 bits per heavy atom. The number of anilines is 1. The average Bonchev–Trinajstić information content (AvgIpc) is 3.11. The van der Waals surface area contributed by atoms with Crippen molar-refractivity contribution in [1.29, 1.82) is 0 Å². The highest BCUT2D eigenvalue weighted by atomic mass is 35.5. The van der Waals surface area contributed by atoms with E-state index in [-0.39, 0.29) is 18.4 Å². The van der Waals surface area contributed by atoms with Crippen LogP contribution in [0.2, 0.25) is 5.02 Å². The fraction of sp³-hybridized carbons (Fsp3) is 0.179. The number of carbonyl (C=O) groups excluding carboxylic acids is 2. The predicted octanol–water partition coefficient (Wildman–Crippen LogP) is 6.42. The summed E-state index contributed by atoms with van der Waals surface area (Å²) in [6.07, 6.45) is 2.50. The van der Waals surface area contributed by atoms with Crippen molar-refractivity contribution in [3.63, 3.8) is 0 Å². The third-order valence-electron chi connectivity index (χ3n) is 5.61. The third-order valence-corrected chi connectivity index (χ3v) is 7.28. The number of ether oxygens (including phenoxy) is 1. The lowest BCUT2D eigenvalue weighted by atomic mass is 10.1. The molecule has 0 aromatic heterocycles. The number of nitrogens with one attached hydrogen (secondary N) is 1. The molecule has 0 aliphatic carbocycles. The number of hydrogen-bond donors (Lipinski definition) is 1. The second-order valence-electron chi connectivity index (χ2n) is 8.41. The molecule has 0 bridgehead atoms. The van der Waals surface area contributed by atoms with Gasteiger partial charge in [0.1, 0.15) is 10.1 Å². The molecule has 1 heterocycles. The van der Waals surface area contributed by atoms with E-state index in [9.17, 15) is 9.59 Å². The molecule has 0 radical (unpaired) electrons. The maximum atomic E-state index is 12.9. The average molecular weight is 537 g/mol. The Morgan fingerprint density at radius 2 is 1.89 bits per heavy atom. The minimum atomic E-state index is -0.277. The minimum Gasteiger partial charge on any atom is -0.482 e. The largest absolute Gasteiger partial charge is 0.482 e. The molecule has 3 aromatic carbocycles. The van der Waals surface area contributed by atoms with E-state index >= 15 is 0 Å². The molecule has 2 amide bonds.